The molecule has 3 rings (SSSR count). The number of sulfonamides is 1. The number of nitrogens with zero attached hydrogens (tertiary/aromatic N) is 2. The summed E-state index contributed by atoms with van der Waals surface area (Å²) >= 11 is 3.20. The highest BCUT2D eigenvalue weighted by Gasteiger charge is 2.16. The van der Waals surface area contributed by atoms with Crippen LogP contribution < -0.4 is 10.0 Å². The minimum absolute atomic E-state index is 0.00732. The first-order chi connectivity index (χ1) is 12.8. The summed E-state index contributed by atoms with van der Waals surface area (Å²) in [6.45, 7) is 1.88. The average Bonchev–Trinajstić information content (AvgIpc) is 3.08. The van der Waals surface area contributed by atoms with Crippen molar-refractivity contribution < 1.29 is 13.2 Å². The normalized spacial score (nSPS) is 11.3. The van der Waals surface area contributed by atoms with Gasteiger partial charge >= 0.3 is 0 Å². The van der Waals surface area contributed by atoms with Crippen LogP contribution in [0.4, 0.5) is 5.13 Å². The molecule has 0 unspecified atom stereocenters. The molecule has 0 spiro atoms. The number of halogens is 1. The van der Waals surface area contributed by atoms with Crippen LogP contribution in [-0.4, -0.2) is 24.5 Å². The number of carbonyl (C=O) groups is 1. The van der Waals surface area contributed by atoms with E-state index in [1.807, 2.05) is 19.1 Å². The SMILES string of the molecule is Cc1ccc(S(=O)(=O)NCc2nnc(NC(=O)c3ccccc3I)s2)cc1. The van der Waals surface area contributed by atoms with E-state index >= 15 is 0 Å². The summed E-state index contributed by atoms with van der Waals surface area (Å²) in [6.07, 6.45) is 0. The zero-order chi connectivity index (χ0) is 19.4. The lowest BCUT2D eigenvalue weighted by Gasteiger charge is -2.05. The minimum Gasteiger partial charge on any atom is -0.296 e. The van der Waals surface area contributed by atoms with Crippen molar-refractivity contribution in [2.75, 3.05) is 5.32 Å². The van der Waals surface area contributed by atoms with Crippen LogP contribution in [0.1, 0.15) is 20.9 Å². The van der Waals surface area contributed by atoms with Crippen LogP contribution in [-0.2, 0) is 16.6 Å². The van der Waals surface area contributed by atoms with E-state index in [9.17, 15) is 13.2 Å². The van der Waals surface area contributed by atoms with Gasteiger partial charge in [0.05, 0.1) is 17.0 Å². The van der Waals surface area contributed by atoms with Gasteiger partial charge in [-0.2, -0.15) is 0 Å². The van der Waals surface area contributed by atoms with Crippen molar-refractivity contribution in [1.82, 2.24) is 14.9 Å². The molecule has 0 radical (unpaired) electrons. The van der Waals surface area contributed by atoms with E-state index in [2.05, 4.69) is 42.8 Å². The van der Waals surface area contributed by atoms with Gasteiger partial charge in [-0.25, -0.2) is 13.1 Å². The Morgan fingerprint density at radius 2 is 1.81 bits per heavy atom. The van der Waals surface area contributed by atoms with E-state index in [0.29, 0.717) is 15.7 Å². The molecule has 3 aromatic rings. The fourth-order valence-electron chi connectivity index (χ4n) is 2.14. The van der Waals surface area contributed by atoms with Crippen molar-refractivity contribution >= 4 is 55.0 Å². The molecule has 1 amide bonds. The second-order valence-electron chi connectivity index (χ2n) is 5.57. The number of hydrogen-bond acceptors (Lipinski definition) is 6. The summed E-state index contributed by atoms with van der Waals surface area (Å²) in [6, 6.07) is 13.7. The van der Waals surface area contributed by atoms with E-state index in [-0.39, 0.29) is 17.3 Å². The number of amides is 1. The summed E-state index contributed by atoms with van der Waals surface area (Å²) < 4.78 is 27.9. The lowest BCUT2D eigenvalue weighted by atomic mass is 10.2. The zero-order valence-corrected chi connectivity index (χ0v) is 17.9. The van der Waals surface area contributed by atoms with Crippen LogP contribution in [0.2, 0.25) is 0 Å². The fraction of sp³-hybridized carbons (Fsp3) is 0.118. The van der Waals surface area contributed by atoms with Gasteiger partial charge in [0.2, 0.25) is 15.2 Å². The Hall–Kier alpha value is -1.89. The third-order valence-electron chi connectivity index (χ3n) is 3.55. The predicted octanol–water partition coefficient (Wildman–Crippen LogP) is 3.18. The second-order valence-corrected chi connectivity index (χ2v) is 9.56. The monoisotopic (exact) mass is 514 g/mol. The molecular weight excluding hydrogens is 499 g/mol. The smallest absolute Gasteiger partial charge is 0.258 e. The predicted molar refractivity (Wildman–Crippen MR) is 112 cm³/mol. The van der Waals surface area contributed by atoms with Crippen LogP contribution in [0.3, 0.4) is 0 Å². The second kappa shape index (κ2) is 8.42. The van der Waals surface area contributed by atoms with Gasteiger partial charge in [0.1, 0.15) is 5.01 Å². The summed E-state index contributed by atoms with van der Waals surface area (Å²) in [5.74, 6) is -0.289. The Morgan fingerprint density at radius 1 is 1.11 bits per heavy atom. The quantitative estimate of drug-likeness (QED) is 0.493. The molecule has 1 aromatic heterocycles. The Morgan fingerprint density at radius 3 is 2.52 bits per heavy atom. The molecule has 2 N–H and O–H groups in total. The maximum absolute atomic E-state index is 12.3. The lowest BCUT2D eigenvalue weighted by molar-refractivity contribution is 0.102. The summed E-state index contributed by atoms with van der Waals surface area (Å²) in [5.41, 5.74) is 1.52. The van der Waals surface area contributed by atoms with E-state index < -0.39 is 10.0 Å². The van der Waals surface area contributed by atoms with E-state index in [4.69, 9.17) is 0 Å². The molecular formula is C17H15IN4O3S2. The van der Waals surface area contributed by atoms with Crippen molar-refractivity contribution in [1.29, 1.82) is 0 Å². The highest BCUT2D eigenvalue weighted by Crippen LogP contribution is 2.19. The number of aromatic nitrogens is 2. The molecule has 0 fully saturated rings. The van der Waals surface area contributed by atoms with Gasteiger partial charge in [-0.3, -0.25) is 10.1 Å². The number of rotatable bonds is 6. The van der Waals surface area contributed by atoms with E-state index in [1.165, 1.54) is 0 Å². The summed E-state index contributed by atoms with van der Waals surface area (Å²) in [5, 5.41) is 11.3. The van der Waals surface area contributed by atoms with Crippen molar-refractivity contribution in [3.05, 3.63) is 68.2 Å². The molecule has 2 aromatic carbocycles. The van der Waals surface area contributed by atoms with Gasteiger partial charge in [-0.05, 0) is 53.8 Å². The molecule has 0 saturated carbocycles. The van der Waals surface area contributed by atoms with Crippen LogP contribution in [0.15, 0.2) is 53.4 Å². The number of anilines is 1. The van der Waals surface area contributed by atoms with Gasteiger partial charge in [-0.15, -0.1) is 10.2 Å². The largest absolute Gasteiger partial charge is 0.296 e. The van der Waals surface area contributed by atoms with Crippen molar-refractivity contribution in [2.24, 2.45) is 0 Å². The third-order valence-corrected chi connectivity index (χ3v) is 6.75. The maximum Gasteiger partial charge on any atom is 0.258 e. The number of benzene rings is 2. The third kappa shape index (κ3) is 5.09. The van der Waals surface area contributed by atoms with Crippen LogP contribution >= 0.6 is 33.9 Å². The van der Waals surface area contributed by atoms with E-state index in [0.717, 1.165) is 20.5 Å². The first kappa shape index (κ1) is 19.9. The summed E-state index contributed by atoms with van der Waals surface area (Å²) in [4.78, 5) is 12.5. The number of hydrogen-bond donors (Lipinski definition) is 2. The molecule has 27 heavy (non-hydrogen) atoms. The Kier molecular flexibility index (Phi) is 6.19. The molecule has 0 aliphatic carbocycles. The average molecular weight is 514 g/mol. The Balaban J connectivity index is 1.63. The molecule has 0 bridgehead atoms. The number of carbonyl (C=O) groups excluding carboxylic acids is 1. The topological polar surface area (TPSA) is 101 Å². The van der Waals surface area contributed by atoms with Crippen molar-refractivity contribution in [2.45, 2.75) is 18.4 Å². The molecule has 0 saturated heterocycles. The fourth-order valence-corrected chi connectivity index (χ4v) is 4.53. The van der Waals surface area contributed by atoms with Gasteiger partial charge < -0.3 is 0 Å². The van der Waals surface area contributed by atoms with Crippen molar-refractivity contribution in [3.63, 3.8) is 0 Å². The van der Waals surface area contributed by atoms with Crippen LogP contribution in [0, 0.1) is 10.5 Å². The van der Waals surface area contributed by atoms with Gasteiger partial charge in [0.15, 0.2) is 0 Å². The number of aryl methyl sites for hydroxylation is 1. The first-order valence-corrected chi connectivity index (χ1v) is 11.2. The molecule has 140 valence electrons. The summed E-state index contributed by atoms with van der Waals surface area (Å²) in [7, 11) is -3.64. The molecule has 1 heterocycles. The maximum atomic E-state index is 12.3. The Bertz CT molecular complexity index is 1070. The lowest BCUT2D eigenvalue weighted by Crippen LogP contribution is -2.23. The molecule has 10 heteroatoms. The van der Waals surface area contributed by atoms with Gasteiger partial charge in [0.25, 0.3) is 5.91 Å². The van der Waals surface area contributed by atoms with E-state index in [1.54, 1.807) is 36.4 Å². The van der Waals surface area contributed by atoms with Crippen LogP contribution in [0.5, 0.6) is 0 Å². The first-order valence-electron chi connectivity index (χ1n) is 7.80. The van der Waals surface area contributed by atoms with Crippen LogP contribution in [0.25, 0.3) is 0 Å². The highest BCUT2D eigenvalue weighted by molar-refractivity contribution is 14.1. The molecule has 0 atom stereocenters. The molecule has 0 aliphatic rings. The standard InChI is InChI=1S/C17H15IN4O3S2/c1-11-6-8-12(9-7-11)27(24,25)19-10-15-21-22-17(26-15)20-16(23)13-4-2-3-5-14(13)18/h2-9,19H,10H2,1H3,(H,20,22,23). The Labute approximate surface area is 174 Å². The zero-order valence-electron chi connectivity index (χ0n) is 14.1. The minimum atomic E-state index is -3.64. The van der Waals surface area contributed by atoms with Gasteiger partial charge in [0, 0.05) is 3.57 Å². The number of nitrogens with one attached hydrogen (secondary N) is 2. The molecule has 7 nitrogen and oxygen atoms in total. The highest BCUT2D eigenvalue weighted by atomic mass is 127. The van der Waals surface area contributed by atoms with Crippen molar-refractivity contribution in [3.8, 4) is 0 Å². The molecule has 0 aliphatic heterocycles. The van der Waals surface area contributed by atoms with Gasteiger partial charge in [-0.1, -0.05) is 41.2 Å².